The molecule has 0 saturated heterocycles. The van der Waals surface area contributed by atoms with E-state index in [9.17, 15) is 0 Å². The zero-order chi connectivity index (χ0) is 22.7. The van der Waals surface area contributed by atoms with E-state index in [0.29, 0.717) is 0 Å². The molecule has 0 saturated carbocycles. The molecule has 9 rings (SSSR count). The number of para-hydroxylation sites is 2. The van der Waals surface area contributed by atoms with Gasteiger partial charge in [-0.25, -0.2) is 0 Å². The van der Waals surface area contributed by atoms with Crippen molar-refractivity contribution in [2.45, 2.75) is 25.7 Å². The van der Waals surface area contributed by atoms with Crippen LogP contribution in [0.25, 0.3) is 22.3 Å². The Labute approximate surface area is 205 Å². The van der Waals surface area contributed by atoms with E-state index in [-0.39, 0.29) is 0 Å². The lowest BCUT2D eigenvalue weighted by Gasteiger charge is -2.39. The van der Waals surface area contributed by atoms with Gasteiger partial charge in [0, 0.05) is 18.5 Å². The fourth-order valence-electron chi connectivity index (χ4n) is 7.13. The first-order valence-electron chi connectivity index (χ1n) is 12.7. The molecule has 0 amide bonds. The first-order chi connectivity index (χ1) is 17.3. The molecule has 2 heterocycles. The maximum atomic E-state index is 2.56. The summed E-state index contributed by atoms with van der Waals surface area (Å²) in [6.07, 6.45) is 4.11. The van der Waals surface area contributed by atoms with Crippen molar-refractivity contribution in [2.75, 3.05) is 4.90 Å². The minimum atomic E-state index is 1.01. The van der Waals surface area contributed by atoms with Crippen LogP contribution in [-0.4, -0.2) is 0 Å². The van der Waals surface area contributed by atoms with Crippen LogP contribution in [0.15, 0.2) is 91.0 Å². The Balaban J connectivity index is 1.23. The van der Waals surface area contributed by atoms with E-state index < -0.39 is 0 Å². The summed E-state index contributed by atoms with van der Waals surface area (Å²) in [6, 6.07) is 34.8. The van der Waals surface area contributed by atoms with Gasteiger partial charge in [-0.05, 0) is 110 Å². The average molecular weight is 446 g/mol. The van der Waals surface area contributed by atoms with E-state index in [0.717, 1.165) is 25.7 Å². The van der Waals surface area contributed by atoms with Crippen molar-refractivity contribution >= 4 is 17.1 Å². The lowest BCUT2D eigenvalue weighted by Crippen LogP contribution is -2.24. The van der Waals surface area contributed by atoms with E-state index in [1.807, 2.05) is 0 Å². The fourth-order valence-corrected chi connectivity index (χ4v) is 7.13. The van der Waals surface area contributed by atoms with Crippen molar-refractivity contribution in [1.82, 2.24) is 0 Å². The van der Waals surface area contributed by atoms with Gasteiger partial charge in [-0.2, -0.15) is 0 Å². The van der Waals surface area contributed by atoms with Gasteiger partial charge in [0.2, 0.25) is 0 Å². The third-order valence-corrected chi connectivity index (χ3v) is 8.66. The smallest absolute Gasteiger partial charge is 0.0532 e. The molecule has 0 bridgehead atoms. The highest BCUT2D eigenvalue weighted by atomic mass is 15.2. The van der Waals surface area contributed by atoms with Crippen LogP contribution < -0.4 is 4.90 Å². The highest BCUT2D eigenvalue weighted by molar-refractivity contribution is 5.93. The van der Waals surface area contributed by atoms with Crippen molar-refractivity contribution in [3.8, 4) is 22.3 Å². The zero-order valence-corrected chi connectivity index (χ0v) is 19.4. The molecule has 0 N–H and O–H groups in total. The number of nitrogens with zero attached hydrogens (tertiary/aromatic N) is 1. The monoisotopic (exact) mass is 445 g/mol. The van der Waals surface area contributed by atoms with Crippen molar-refractivity contribution in [2.24, 2.45) is 0 Å². The Morgan fingerprint density at radius 3 is 1.74 bits per heavy atom. The van der Waals surface area contributed by atoms with Crippen LogP contribution in [0.4, 0.5) is 17.1 Å². The molecule has 1 heteroatoms. The molecular weight excluding hydrogens is 422 g/mol. The lowest BCUT2D eigenvalue weighted by atomic mass is 9.85. The standard InChI is InChI=1S/C34H23N/c1-3-10-28-20(6-1)12-24-17-30-25(16-29(24)28)15-26-19-33-27(18-31(26)30)14-23-9-5-8-22-13-21-7-2-4-11-32(21)35(33)34(22)23/h1-11,16-19H,12-15H2. The third kappa shape index (κ3) is 2.33. The average Bonchev–Trinajstić information content (AvgIpc) is 3.43. The van der Waals surface area contributed by atoms with Crippen LogP contribution in [0, 0.1) is 0 Å². The summed E-state index contributed by atoms with van der Waals surface area (Å²) >= 11 is 0. The molecule has 0 radical (unpaired) electrons. The molecule has 0 spiro atoms. The van der Waals surface area contributed by atoms with Crippen LogP contribution >= 0.6 is 0 Å². The number of hydrogen-bond donors (Lipinski definition) is 0. The Morgan fingerprint density at radius 1 is 0.371 bits per heavy atom. The van der Waals surface area contributed by atoms with Crippen molar-refractivity contribution < 1.29 is 0 Å². The van der Waals surface area contributed by atoms with Crippen LogP contribution in [0.5, 0.6) is 0 Å². The van der Waals surface area contributed by atoms with Gasteiger partial charge in [0.1, 0.15) is 0 Å². The van der Waals surface area contributed by atoms with E-state index >= 15 is 0 Å². The SMILES string of the molecule is c1ccc2c(c1)Cc1cc3c(cc1-2)Cc1cc2c(cc1-3)Cc1cccc3c1N2c1ccccc1C3. The van der Waals surface area contributed by atoms with Crippen LogP contribution in [0.2, 0.25) is 0 Å². The summed E-state index contributed by atoms with van der Waals surface area (Å²) in [5.41, 5.74) is 21.6. The summed E-state index contributed by atoms with van der Waals surface area (Å²) < 4.78 is 0. The van der Waals surface area contributed by atoms with Crippen molar-refractivity contribution in [1.29, 1.82) is 0 Å². The second-order valence-electron chi connectivity index (χ2n) is 10.6. The first-order valence-corrected chi connectivity index (χ1v) is 12.7. The summed E-state index contributed by atoms with van der Waals surface area (Å²) in [7, 11) is 0. The van der Waals surface area contributed by atoms with E-state index in [2.05, 4.69) is 95.9 Å². The predicted octanol–water partition coefficient (Wildman–Crippen LogP) is 8.11. The van der Waals surface area contributed by atoms with Gasteiger partial charge < -0.3 is 4.90 Å². The third-order valence-electron chi connectivity index (χ3n) is 8.66. The summed E-state index contributed by atoms with van der Waals surface area (Å²) in [5, 5.41) is 0. The molecule has 164 valence electrons. The topological polar surface area (TPSA) is 3.24 Å². The quantitative estimate of drug-likeness (QED) is 0.228. The van der Waals surface area contributed by atoms with Gasteiger partial charge in [-0.1, -0.05) is 60.7 Å². The summed E-state index contributed by atoms with van der Waals surface area (Å²) in [4.78, 5) is 2.56. The lowest BCUT2D eigenvalue weighted by molar-refractivity contribution is 1.01. The first kappa shape index (κ1) is 18.3. The molecule has 2 aliphatic carbocycles. The molecule has 35 heavy (non-hydrogen) atoms. The van der Waals surface area contributed by atoms with Gasteiger partial charge in [0.05, 0.1) is 11.4 Å². The molecule has 5 aromatic carbocycles. The Kier molecular flexibility index (Phi) is 3.29. The molecule has 2 aliphatic heterocycles. The summed E-state index contributed by atoms with van der Waals surface area (Å²) in [6.45, 7) is 0. The van der Waals surface area contributed by atoms with Crippen molar-refractivity contribution in [3.63, 3.8) is 0 Å². The molecule has 1 nitrogen and oxygen atoms in total. The Morgan fingerprint density at radius 2 is 0.914 bits per heavy atom. The van der Waals surface area contributed by atoms with E-state index in [1.54, 1.807) is 0 Å². The molecule has 0 atom stereocenters. The van der Waals surface area contributed by atoms with Crippen LogP contribution in [0.3, 0.4) is 0 Å². The second kappa shape index (κ2) is 6.31. The molecule has 0 unspecified atom stereocenters. The van der Waals surface area contributed by atoms with Gasteiger partial charge >= 0.3 is 0 Å². The number of fused-ring (bicyclic) bond motifs is 10. The number of benzene rings is 5. The van der Waals surface area contributed by atoms with Gasteiger partial charge in [-0.15, -0.1) is 0 Å². The maximum Gasteiger partial charge on any atom is 0.0532 e. The number of anilines is 3. The summed E-state index contributed by atoms with van der Waals surface area (Å²) in [5.74, 6) is 0. The second-order valence-corrected chi connectivity index (χ2v) is 10.6. The predicted molar refractivity (Wildman–Crippen MR) is 143 cm³/mol. The minimum Gasteiger partial charge on any atom is -0.309 e. The van der Waals surface area contributed by atoms with Gasteiger partial charge in [-0.3, -0.25) is 0 Å². The largest absolute Gasteiger partial charge is 0.309 e. The maximum absolute atomic E-state index is 2.56. The highest BCUT2D eigenvalue weighted by Crippen LogP contribution is 2.53. The van der Waals surface area contributed by atoms with E-state index in [1.165, 1.54) is 83.8 Å². The fraction of sp³-hybridized carbons (Fsp3) is 0.118. The number of rotatable bonds is 0. The molecule has 4 aliphatic rings. The van der Waals surface area contributed by atoms with Crippen LogP contribution in [-0.2, 0) is 25.7 Å². The van der Waals surface area contributed by atoms with Crippen molar-refractivity contribution in [3.05, 3.63) is 136 Å². The number of hydrogen-bond acceptors (Lipinski definition) is 1. The molecule has 5 aromatic rings. The Hall–Kier alpha value is -4.10. The minimum absolute atomic E-state index is 1.01. The molecule has 0 fully saturated rings. The Bertz CT molecular complexity index is 1760. The molecular formula is C34H23N. The molecule has 0 aromatic heterocycles. The van der Waals surface area contributed by atoms with Crippen LogP contribution in [0.1, 0.15) is 44.5 Å². The highest BCUT2D eigenvalue weighted by Gasteiger charge is 2.33. The normalized spacial score (nSPS) is 14.9. The van der Waals surface area contributed by atoms with E-state index in [4.69, 9.17) is 0 Å². The van der Waals surface area contributed by atoms with Gasteiger partial charge in [0.25, 0.3) is 0 Å². The zero-order valence-electron chi connectivity index (χ0n) is 19.4. The van der Waals surface area contributed by atoms with Gasteiger partial charge in [0.15, 0.2) is 0 Å².